The van der Waals surface area contributed by atoms with E-state index in [1.54, 1.807) is 4.68 Å². The molecule has 2 aromatic heterocycles. The highest BCUT2D eigenvalue weighted by Crippen LogP contribution is 2.19. The number of aryl methyl sites for hydroxylation is 2. The molecule has 10 heteroatoms. The Morgan fingerprint density at radius 2 is 2.12 bits per heavy atom. The van der Waals surface area contributed by atoms with Crippen LogP contribution in [0.2, 0.25) is 0 Å². The van der Waals surface area contributed by atoms with Crippen LogP contribution in [0.4, 0.5) is 5.69 Å². The van der Waals surface area contributed by atoms with Crippen molar-refractivity contribution in [3.05, 3.63) is 46.2 Å². The van der Waals surface area contributed by atoms with E-state index in [2.05, 4.69) is 36.5 Å². The van der Waals surface area contributed by atoms with Crippen molar-refractivity contribution in [2.75, 3.05) is 16.9 Å². The molecular weight excluding hydrogens is 406 g/mol. The molecule has 0 aliphatic carbocycles. The van der Waals surface area contributed by atoms with Crippen LogP contribution in [0.3, 0.4) is 0 Å². The number of benzene rings is 1. The van der Waals surface area contributed by atoms with Crippen molar-refractivity contribution in [1.82, 2.24) is 24.7 Å². The maximum atomic E-state index is 12.1. The maximum Gasteiger partial charge on any atom is 0.271 e. The number of nitrogens with two attached hydrogens (primary N) is 1. The van der Waals surface area contributed by atoms with E-state index in [1.165, 1.54) is 16.4 Å². The molecule has 0 aliphatic rings. The Morgan fingerprint density at radius 3 is 2.80 bits per heavy atom. The fraction of sp³-hybridized carbons (Fsp3) is 0.200. The molecule has 0 radical (unpaired) electrons. The fourth-order valence-electron chi connectivity index (χ4n) is 2.24. The van der Waals surface area contributed by atoms with E-state index in [4.69, 9.17) is 5.84 Å². The topological polar surface area (TPSA) is 104 Å². The van der Waals surface area contributed by atoms with Crippen LogP contribution in [0.25, 0.3) is 5.95 Å². The van der Waals surface area contributed by atoms with E-state index >= 15 is 0 Å². The molecule has 0 unspecified atom stereocenters. The van der Waals surface area contributed by atoms with Crippen LogP contribution in [-0.2, 0) is 4.79 Å². The Balaban J connectivity index is 1.66. The molecule has 0 spiro atoms. The average molecular weight is 422 g/mol. The van der Waals surface area contributed by atoms with E-state index in [0.717, 1.165) is 21.5 Å². The van der Waals surface area contributed by atoms with Gasteiger partial charge in [0.25, 0.3) is 5.95 Å². The smallest absolute Gasteiger partial charge is 0.271 e. The lowest BCUT2D eigenvalue weighted by molar-refractivity contribution is -0.113. The second-order valence-electron chi connectivity index (χ2n) is 5.34. The molecule has 130 valence electrons. The first-order valence-electron chi connectivity index (χ1n) is 7.36. The third-order valence-electron chi connectivity index (χ3n) is 3.29. The summed E-state index contributed by atoms with van der Waals surface area (Å²) in [5.41, 5.74) is 2.49. The lowest BCUT2D eigenvalue weighted by atomic mass is 10.3. The molecule has 0 saturated heterocycles. The van der Waals surface area contributed by atoms with Crippen LogP contribution in [0.5, 0.6) is 0 Å². The number of nitrogens with zero attached hydrogens (tertiary/aromatic N) is 5. The predicted octanol–water partition coefficient (Wildman–Crippen LogP) is 2.29. The van der Waals surface area contributed by atoms with Crippen LogP contribution in [0.1, 0.15) is 11.4 Å². The van der Waals surface area contributed by atoms with Gasteiger partial charge in [0.2, 0.25) is 11.1 Å². The van der Waals surface area contributed by atoms with E-state index < -0.39 is 0 Å². The van der Waals surface area contributed by atoms with Crippen molar-refractivity contribution in [3.8, 4) is 5.95 Å². The Bertz CT molecular complexity index is 920. The quantitative estimate of drug-likeness (QED) is 0.483. The van der Waals surface area contributed by atoms with Crippen molar-refractivity contribution in [3.63, 3.8) is 0 Å². The van der Waals surface area contributed by atoms with Gasteiger partial charge in [-0.1, -0.05) is 33.8 Å². The SMILES string of the molecule is Cc1cc(C)n(-c2nnc(SCC(=O)Nc3cccc(Br)c3)n2N)n1. The standard InChI is InChI=1S/C15H16BrN7OS/c1-9-6-10(2)23(21-9)14-19-20-15(22(14)17)25-8-13(24)18-12-5-3-4-11(16)7-12/h3-7H,8,17H2,1-2H3,(H,18,24). The number of rotatable bonds is 5. The van der Waals surface area contributed by atoms with Gasteiger partial charge < -0.3 is 11.2 Å². The number of hydrogen-bond acceptors (Lipinski definition) is 6. The van der Waals surface area contributed by atoms with Gasteiger partial charge in [0, 0.05) is 15.9 Å². The number of thioether (sulfide) groups is 1. The third-order valence-corrected chi connectivity index (χ3v) is 4.72. The van der Waals surface area contributed by atoms with Gasteiger partial charge in [-0.3, -0.25) is 4.79 Å². The number of aromatic nitrogens is 5. The van der Waals surface area contributed by atoms with Gasteiger partial charge in [0.1, 0.15) is 0 Å². The molecule has 1 aromatic carbocycles. The zero-order chi connectivity index (χ0) is 18.0. The van der Waals surface area contributed by atoms with E-state index in [1.807, 2.05) is 44.2 Å². The van der Waals surface area contributed by atoms with Crippen LogP contribution >= 0.6 is 27.7 Å². The summed E-state index contributed by atoms with van der Waals surface area (Å²) in [5.74, 6) is 6.46. The van der Waals surface area contributed by atoms with Gasteiger partial charge in [0.05, 0.1) is 11.4 Å². The molecule has 25 heavy (non-hydrogen) atoms. The van der Waals surface area contributed by atoms with Crippen molar-refractivity contribution in [1.29, 1.82) is 0 Å². The Kier molecular flexibility index (Phi) is 5.09. The number of anilines is 1. The zero-order valence-electron chi connectivity index (χ0n) is 13.6. The minimum absolute atomic E-state index is 0.154. The van der Waals surface area contributed by atoms with Gasteiger partial charge in [-0.05, 0) is 38.1 Å². The molecule has 8 nitrogen and oxygen atoms in total. The maximum absolute atomic E-state index is 12.1. The first-order valence-corrected chi connectivity index (χ1v) is 9.14. The highest BCUT2D eigenvalue weighted by atomic mass is 79.9. The van der Waals surface area contributed by atoms with Crippen LogP contribution in [-0.4, -0.2) is 36.3 Å². The van der Waals surface area contributed by atoms with Crippen molar-refractivity contribution < 1.29 is 4.79 Å². The molecule has 0 atom stereocenters. The third kappa shape index (κ3) is 4.02. The average Bonchev–Trinajstić information content (AvgIpc) is 3.07. The van der Waals surface area contributed by atoms with Gasteiger partial charge >= 0.3 is 0 Å². The second-order valence-corrected chi connectivity index (χ2v) is 7.20. The molecule has 3 aromatic rings. The van der Waals surface area contributed by atoms with Gasteiger partial charge in [-0.15, -0.1) is 10.2 Å². The number of nitrogen functional groups attached to an aromatic ring is 1. The fourth-order valence-corrected chi connectivity index (χ4v) is 3.29. The van der Waals surface area contributed by atoms with Crippen molar-refractivity contribution in [2.24, 2.45) is 0 Å². The first kappa shape index (κ1) is 17.5. The number of amides is 1. The highest BCUT2D eigenvalue weighted by molar-refractivity contribution is 9.10. The zero-order valence-corrected chi connectivity index (χ0v) is 16.0. The highest BCUT2D eigenvalue weighted by Gasteiger charge is 2.16. The number of hydrogen-bond donors (Lipinski definition) is 2. The van der Waals surface area contributed by atoms with Crippen molar-refractivity contribution >= 4 is 39.3 Å². The van der Waals surface area contributed by atoms with E-state index in [9.17, 15) is 4.79 Å². The molecule has 0 bridgehead atoms. The molecule has 2 heterocycles. The summed E-state index contributed by atoms with van der Waals surface area (Å²) in [5, 5.41) is 15.7. The van der Waals surface area contributed by atoms with Gasteiger partial charge in [-0.2, -0.15) is 5.10 Å². The van der Waals surface area contributed by atoms with Crippen LogP contribution in [0.15, 0.2) is 40.0 Å². The van der Waals surface area contributed by atoms with Crippen molar-refractivity contribution in [2.45, 2.75) is 19.0 Å². The Morgan fingerprint density at radius 1 is 1.32 bits per heavy atom. The monoisotopic (exact) mass is 421 g/mol. The molecule has 0 aliphatic heterocycles. The first-order chi connectivity index (χ1) is 11.9. The molecule has 1 amide bonds. The molecule has 3 N–H and O–H groups in total. The number of carbonyl (C=O) groups is 1. The number of carbonyl (C=O) groups excluding carboxylic acids is 1. The predicted molar refractivity (Wildman–Crippen MR) is 100 cm³/mol. The Hall–Kier alpha value is -2.33. The number of nitrogens with one attached hydrogen (secondary N) is 1. The van der Waals surface area contributed by atoms with Crippen LogP contribution < -0.4 is 11.2 Å². The molecular formula is C15H16BrN7OS. The normalized spacial score (nSPS) is 10.8. The Labute approximate surface area is 156 Å². The largest absolute Gasteiger partial charge is 0.334 e. The summed E-state index contributed by atoms with van der Waals surface area (Å²) >= 11 is 4.57. The molecule has 3 rings (SSSR count). The van der Waals surface area contributed by atoms with Crippen LogP contribution in [0, 0.1) is 13.8 Å². The summed E-state index contributed by atoms with van der Waals surface area (Å²) in [4.78, 5) is 12.1. The lowest BCUT2D eigenvalue weighted by Crippen LogP contribution is -2.18. The minimum atomic E-state index is -0.154. The summed E-state index contributed by atoms with van der Waals surface area (Å²) < 4.78 is 3.85. The van der Waals surface area contributed by atoms with Gasteiger partial charge in [0.15, 0.2) is 0 Å². The molecule has 0 fully saturated rings. The van der Waals surface area contributed by atoms with E-state index in [0.29, 0.717) is 11.1 Å². The summed E-state index contributed by atoms with van der Waals surface area (Å²) in [6.45, 7) is 3.80. The minimum Gasteiger partial charge on any atom is -0.334 e. The number of halogens is 1. The summed E-state index contributed by atoms with van der Waals surface area (Å²) in [7, 11) is 0. The molecule has 0 saturated carbocycles. The van der Waals surface area contributed by atoms with Gasteiger partial charge in [-0.25, -0.2) is 9.36 Å². The summed E-state index contributed by atoms with van der Waals surface area (Å²) in [6.07, 6.45) is 0. The lowest BCUT2D eigenvalue weighted by Gasteiger charge is -2.06. The summed E-state index contributed by atoms with van der Waals surface area (Å²) in [6, 6.07) is 9.31. The van der Waals surface area contributed by atoms with E-state index in [-0.39, 0.29) is 11.7 Å². The second kappa shape index (κ2) is 7.28.